The molecule has 82 valence electrons. The molecule has 1 aromatic rings. The molecule has 1 unspecified atom stereocenters. The van der Waals surface area contributed by atoms with E-state index in [1.54, 1.807) is 7.05 Å². The van der Waals surface area contributed by atoms with Gasteiger partial charge in [0.1, 0.15) is 17.4 Å². The molecule has 0 saturated carbocycles. The van der Waals surface area contributed by atoms with Gasteiger partial charge in [-0.15, -0.1) is 0 Å². The summed E-state index contributed by atoms with van der Waals surface area (Å²) in [7, 11) is 1.64. The molecular weight excluding hydrogens is 200 g/mol. The van der Waals surface area contributed by atoms with Crippen LogP contribution in [-0.2, 0) is 11.2 Å². The molecule has 0 heterocycles. The highest BCUT2D eigenvalue weighted by Crippen LogP contribution is 2.10. The summed E-state index contributed by atoms with van der Waals surface area (Å²) in [6.45, 7) is 1.44. The van der Waals surface area contributed by atoms with Crippen LogP contribution in [0.3, 0.4) is 0 Å². The summed E-state index contributed by atoms with van der Waals surface area (Å²) in [4.78, 5) is 11.1. The van der Waals surface area contributed by atoms with E-state index in [9.17, 15) is 13.6 Å². The summed E-state index contributed by atoms with van der Waals surface area (Å²) >= 11 is 0. The van der Waals surface area contributed by atoms with Gasteiger partial charge in [0, 0.05) is 6.07 Å². The molecular formula is C11H13F2NO. The molecule has 0 aliphatic carbocycles. The second-order valence-electron chi connectivity index (χ2n) is 3.43. The minimum absolute atomic E-state index is 0.0535. The van der Waals surface area contributed by atoms with Crippen LogP contribution in [0.15, 0.2) is 18.2 Å². The Bertz CT molecular complexity index is 345. The molecule has 0 bridgehead atoms. The lowest BCUT2D eigenvalue weighted by Crippen LogP contribution is -2.34. The second-order valence-corrected chi connectivity index (χ2v) is 3.43. The van der Waals surface area contributed by atoms with E-state index in [0.29, 0.717) is 12.0 Å². The Morgan fingerprint density at radius 3 is 2.27 bits per heavy atom. The van der Waals surface area contributed by atoms with E-state index in [-0.39, 0.29) is 5.78 Å². The summed E-state index contributed by atoms with van der Waals surface area (Å²) in [6.07, 6.45) is 0.292. The minimum atomic E-state index is -0.622. The van der Waals surface area contributed by atoms with Gasteiger partial charge in [-0.3, -0.25) is 4.79 Å². The van der Waals surface area contributed by atoms with Crippen LogP contribution in [0.5, 0.6) is 0 Å². The van der Waals surface area contributed by atoms with Crippen molar-refractivity contribution in [3.05, 3.63) is 35.4 Å². The van der Waals surface area contributed by atoms with Crippen molar-refractivity contribution in [2.75, 3.05) is 7.05 Å². The SMILES string of the molecule is CNC(Cc1cc(F)cc(F)c1)C(C)=O. The van der Waals surface area contributed by atoms with Crippen LogP contribution in [0, 0.1) is 11.6 Å². The van der Waals surface area contributed by atoms with Crippen molar-refractivity contribution >= 4 is 5.78 Å². The molecule has 15 heavy (non-hydrogen) atoms. The Hall–Kier alpha value is -1.29. The monoisotopic (exact) mass is 213 g/mol. The molecule has 0 radical (unpaired) electrons. The number of Topliss-reactive ketones (excluding diaryl/α,β-unsaturated/α-hetero) is 1. The van der Waals surface area contributed by atoms with Gasteiger partial charge in [0.05, 0.1) is 6.04 Å². The number of carbonyl (C=O) groups is 1. The molecule has 0 aliphatic heterocycles. The van der Waals surface area contributed by atoms with Crippen LogP contribution < -0.4 is 5.32 Å². The fourth-order valence-electron chi connectivity index (χ4n) is 1.41. The van der Waals surface area contributed by atoms with Crippen LogP contribution in [0.4, 0.5) is 8.78 Å². The predicted octanol–water partition coefficient (Wildman–Crippen LogP) is 1.68. The van der Waals surface area contributed by atoms with E-state index < -0.39 is 17.7 Å². The number of ketones is 1. The van der Waals surface area contributed by atoms with Crippen molar-refractivity contribution in [3.8, 4) is 0 Å². The molecule has 0 aromatic heterocycles. The number of likely N-dealkylation sites (N-methyl/N-ethyl adjacent to an activating group) is 1. The van der Waals surface area contributed by atoms with Gasteiger partial charge >= 0.3 is 0 Å². The normalized spacial score (nSPS) is 12.5. The first kappa shape index (κ1) is 11.8. The number of carbonyl (C=O) groups excluding carboxylic acids is 1. The summed E-state index contributed by atoms with van der Waals surface area (Å²) in [5.74, 6) is -1.30. The van der Waals surface area contributed by atoms with Crippen molar-refractivity contribution in [1.82, 2.24) is 5.32 Å². The maximum Gasteiger partial charge on any atom is 0.147 e. The molecule has 2 nitrogen and oxygen atoms in total. The van der Waals surface area contributed by atoms with E-state index in [1.165, 1.54) is 19.1 Å². The van der Waals surface area contributed by atoms with Gasteiger partial charge in [-0.2, -0.15) is 0 Å². The fraction of sp³-hybridized carbons (Fsp3) is 0.364. The Balaban J connectivity index is 2.83. The molecule has 0 spiro atoms. The van der Waals surface area contributed by atoms with Crippen molar-refractivity contribution in [2.45, 2.75) is 19.4 Å². The average molecular weight is 213 g/mol. The van der Waals surface area contributed by atoms with Gasteiger partial charge < -0.3 is 5.32 Å². The maximum absolute atomic E-state index is 12.8. The molecule has 1 rings (SSSR count). The van der Waals surface area contributed by atoms with Gasteiger partial charge in [0.15, 0.2) is 0 Å². The van der Waals surface area contributed by atoms with Crippen molar-refractivity contribution < 1.29 is 13.6 Å². The lowest BCUT2D eigenvalue weighted by Gasteiger charge is -2.12. The van der Waals surface area contributed by atoms with Crippen LogP contribution in [-0.4, -0.2) is 18.9 Å². The third-order valence-corrected chi connectivity index (χ3v) is 2.20. The van der Waals surface area contributed by atoms with Crippen molar-refractivity contribution in [3.63, 3.8) is 0 Å². The zero-order chi connectivity index (χ0) is 11.4. The zero-order valence-corrected chi connectivity index (χ0v) is 8.68. The second kappa shape index (κ2) is 4.98. The van der Waals surface area contributed by atoms with Gasteiger partial charge in [-0.1, -0.05) is 0 Å². The highest BCUT2D eigenvalue weighted by molar-refractivity contribution is 5.81. The molecule has 0 saturated heterocycles. The van der Waals surface area contributed by atoms with Gasteiger partial charge in [0.2, 0.25) is 0 Å². The first-order valence-corrected chi connectivity index (χ1v) is 4.65. The summed E-state index contributed by atoms with van der Waals surface area (Å²) < 4.78 is 25.7. The van der Waals surface area contributed by atoms with Crippen LogP contribution in [0.2, 0.25) is 0 Å². The summed E-state index contributed by atoms with van der Waals surface area (Å²) in [5, 5.41) is 2.79. The molecule has 4 heteroatoms. The van der Waals surface area contributed by atoms with Crippen LogP contribution >= 0.6 is 0 Å². The highest BCUT2D eigenvalue weighted by atomic mass is 19.1. The maximum atomic E-state index is 12.8. The van der Waals surface area contributed by atoms with Gasteiger partial charge in [-0.25, -0.2) is 8.78 Å². The van der Waals surface area contributed by atoms with Crippen molar-refractivity contribution in [2.24, 2.45) is 0 Å². The van der Waals surface area contributed by atoms with Crippen LogP contribution in [0.1, 0.15) is 12.5 Å². The first-order chi connectivity index (χ1) is 7.02. The standard InChI is InChI=1S/C11H13F2NO/c1-7(15)11(14-2)5-8-3-9(12)6-10(13)4-8/h3-4,6,11,14H,5H2,1-2H3. The number of nitrogens with one attached hydrogen (secondary N) is 1. The highest BCUT2D eigenvalue weighted by Gasteiger charge is 2.13. The lowest BCUT2D eigenvalue weighted by molar-refractivity contribution is -0.118. The third kappa shape index (κ3) is 3.40. The third-order valence-electron chi connectivity index (χ3n) is 2.20. The Morgan fingerprint density at radius 1 is 1.33 bits per heavy atom. The topological polar surface area (TPSA) is 29.1 Å². The van der Waals surface area contributed by atoms with E-state index >= 15 is 0 Å². The number of benzene rings is 1. The summed E-state index contributed by atoms with van der Waals surface area (Å²) in [6, 6.07) is 2.88. The Labute approximate surface area is 87.3 Å². The number of hydrogen-bond acceptors (Lipinski definition) is 2. The minimum Gasteiger partial charge on any atom is -0.310 e. The first-order valence-electron chi connectivity index (χ1n) is 4.65. The van der Waals surface area contributed by atoms with Gasteiger partial charge in [-0.05, 0) is 38.1 Å². The Morgan fingerprint density at radius 2 is 1.87 bits per heavy atom. The predicted molar refractivity (Wildman–Crippen MR) is 53.6 cm³/mol. The number of hydrogen-bond donors (Lipinski definition) is 1. The van der Waals surface area contributed by atoms with Crippen molar-refractivity contribution in [1.29, 1.82) is 0 Å². The fourth-order valence-corrected chi connectivity index (χ4v) is 1.41. The van der Waals surface area contributed by atoms with Crippen LogP contribution in [0.25, 0.3) is 0 Å². The summed E-state index contributed by atoms with van der Waals surface area (Å²) in [5.41, 5.74) is 0.474. The molecule has 0 amide bonds. The molecule has 0 aliphatic rings. The quantitative estimate of drug-likeness (QED) is 0.824. The molecule has 1 atom stereocenters. The largest absolute Gasteiger partial charge is 0.310 e. The van der Waals surface area contributed by atoms with E-state index in [4.69, 9.17) is 0 Å². The van der Waals surface area contributed by atoms with Gasteiger partial charge in [0.25, 0.3) is 0 Å². The lowest BCUT2D eigenvalue weighted by atomic mass is 10.0. The zero-order valence-electron chi connectivity index (χ0n) is 8.68. The number of rotatable bonds is 4. The number of halogens is 2. The van der Waals surface area contributed by atoms with E-state index in [0.717, 1.165) is 6.07 Å². The smallest absolute Gasteiger partial charge is 0.147 e. The molecule has 0 fully saturated rings. The Kier molecular flexibility index (Phi) is 3.91. The molecule has 1 aromatic carbocycles. The van der Waals surface area contributed by atoms with E-state index in [1.807, 2.05) is 0 Å². The molecule has 1 N–H and O–H groups in total. The van der Waals surface area contributed by atoms with E-state index in [2.05, 4.69) is 5.32 Å². The average Bonchev–Trinajstić information content (AvgIpc) is 2.12.